The number of aryl methyl sites for hydroxylation is 1. The molecule has 1 aromatic carbocycles. The molecule has 0 radical (unpaired) electrons. The number of nitrogens with one attached hydrogen (secondary N) is 1. The number of amides is 1. The van der Waals surface area contributed by atoms with E-state index in [1.54, 1.807) is 23.5 Å². The SMILES string of the molecule is CC(=O)c1cc2c(cc1NC(=O)CSc1nc(N)c3c4c(sc3n1)CC(C)CC4)OCO2. The van der Waals surface area contributed by atoms with Crippen LogP contribution in [0.5, 0.6) is 11.5 Å². The van der Waals surface area contributed by atoms with Crippen molar-refractivity contribution in [2.24, 2.45) is 5.92 Å². The third kappa shape index (κ3) is 3.88. The second-order valence-corrected chi connectivity index (χ2v) is 10.1. The van der Waals surface area contributed by atoms with E-state index in [1.807, 2.05) is 0 Å². The van der Waals surface area contributed by atoms with Gasteiger partial charge in [-0.2, -0.15) is 0 Å². The fraction of sp³-hybridized carbons (Fsp3) is 0.364. The Hall–Kier alpha value is -2.85. The van der Waals surface area contributed by atoms with Crippen LogP contribution in [0.25, 0.3) is 10.2 Å². The van der Waals surface area contributed by atoms with Crippen LogP contribution in [0.2, 0.25) is 0 Å². The molecule has 0 fully saturated rings. The van der Waals surface area contributed by atoms with E-state index in [2.05, 4.69) is 22.2 Å². The van der Waals surface area contributed by atoms with Crippen LogP contribution in [0.1, 0.15) is 41.1 Å². The predicted octanol–water partition coefficient (Wildman–Crippen LogP) is 4.06. The first kappa shape index (κ1) is 21.0. The number of carbonyl (C=O) groups excluding carboxylic acids is 2. The highest BCUT2D eigenvalue weighted by molar-refractivity contribution is 7.99. The summed E-state index contributed by atoms with van der Waals surface area (Å²) < 4.78 is 10.7. The maximum atomic E-state index is 12.6. The van der Waals surface area contributed by atoms with Gasteiger partial charge in [0.1, 0.15) is 10.6 Å². The van der Waals surface area contributed by atoms with Crippen molar-refractivity contribution in [2.75, 3.05) is 23.6 Å². The van der Waals surface area contributed by atoms with Crippen LogP contribution < -0.4 is 20.5 Å². The number of thiophene rings is 1. The van der Waals surface area contributed by atoms with Gasteiger partial charge in [-0.1, -0.05) is 18.7 Å². The van der Waals surface area contributed by atoms with E-state index < -0.39 is 0 Å². The van der Waals surface area contributed by atoms with E-state index in [4.69, 9.17) is 15.2 Å². The van der Waals surface area contributed by atoms with Gasteiger partial charge in [-0.3, -0.25) is 9.59 Å². The molecule has 3 N–H and O–H groups in total. The lowest BCUT2D eigenvalue weighted by Crippen LogP contribution is -2.16. The van der Waals surface area contributed by atoms with Crippen molar-refractivity contribution in [1.82, 2.24) is 9.97 Å². The molecule has 1 aliphatic heterocycles. The lowest BCUT2D eigenvalue weighted by molar-refractivity contribution is -0.113. The Labute approximate surface area is 192 Å². The van der Waals surface area contributed by atoms with Gasteiger partial charge in [-0.05, 0) is 43.7 Å². The number of Topliss-reactive ketones (excluding diaryl/α,β-unsaturated/α-hetero) is 1. The number of hydrogen-bond donors (Lipinski definition) is 2. The number of thioether (sulfide) groups is 1. The number of nitrogens with two attached hydrogens (primary N) is 1. The number of anilines is 2. The highest BCUT2D eigenvalue weighted by atomic mass is 32.2. The Kier molecular flexibility index (Phi) is 5.42. The molecule has 166 valence electrons. The molecule has 1 amide bonds. The third-order valence-electron chi connectivity index (χ3n) is 5.66. The average molecular weight is 471 g/mol. The Balaban J connectivity index is 1.32. The monoisotopic (exact) mass is 470 g/mol. The minimum atomic E-state index is -0.280. The lowest BCUT2D eigenvalue weighted by atomic mass is 9.89. The van der Waals surface area contributed by atoms with Crippen LogP contribution in [0.3, 0.4) is 0 Å². The number of benzene rings is 1. The summed E-state index contributed by atoms with van der Waals surface area (Å²) in [6, 6.07) is 3.20. The van der Waals surface area contributed by atoms with Gasteiger partial charge in [0.05, 0.1) is 16.8 Å². The van der Waals surface area contributed by atoms with E-state index >= 15 is 0 Å². The third-order valence-corrected chi connectivity index (χ3v) is 7.66. The molecule has 1 atom stereocenters. The molecule has 1 aliphatic carbocycles. The van der Waals surface area contributed by atoms with E-state index in [9.17, 15) is 9.59 Å². The number of ether oxygens (including phenoxy) is 2. The zero-order valence-electron chi connectivity index (χ0n) is 17.7. The fourth-order valence-corrected chi connectivity index (χ4v) is 6.17. The van der Waals surface area contributed by atoms with Gasteiger partial charge >= 0.3 is 0 Å². The fourth-order valence-electron chi connectivity index (χ4n) is 4.07. The van der Waals surface area contributed by atoms with Crippen LogP contribution in [-0.2, 0) is 17.6 Å². The standard InChI is InChI=1S/C22H22N4O4S2/c1-10-3-4-12-17(5-10)32-21-19(12)20(23)25-22(26-21)31-8-18(28)24-14-7-16-15(29-9-30-16)6-13(14)11(2)27/h6-7,10H,3-5,8-9H2,1-2H3,(H,24,28)(H2,23,25,26). The van der Waals surface area contributed by atoms with E-state index in [0.29, 0.717) is 39.6 Å². The van der Waals surface area contributed by atoms with Crippen molar-refractivity contribution < 1.29 is 19.1 Å². The number of rotatable bonds is 5. The summed E-state index contributed by atoms with van der Waals surface area (Å²) in [6.07, 6.45) is 3.21. The summed E-state index contributed by atoms with van der Waals surface area (Å²) in [5.41, 5.74) is 8.32. The molecular formula is C22H22N4O4S2. The Bertz CT molecular complexity index is 1260. The van der Waals surface area contributed by atoms with Gasteiger partial charge < -0.3 is 20.5 Å². The number of fused-ring (bicyclic) bond motifs is 4. The van der Waals surface area contributed by atoms with Crippen molar-refractivity contribution in [3.63, 3.8) is 0 Å². The number of hydrogen-bond acceptors (Lipinski definition) is 9. The molecule has 0 saturated heterocycles. The smallest absolute Gasteiger partial charge is 0.234 e. The van der Waals surface area contributed by atoms with Gasteiger partial charge in [0.2, 0.25) is 12.7 Å². The highest BCUT2D eigenvalue weighted by Gasteiger charge is 2.24. The molecule has 3 aromatic rings. The molecule has 8 nitrogen and oxygen atoms in total. The Morgan fingerprint density at radius 2 is 2.06 bits per heavy atom. The van der Waals surface area contributed by atoms with Crippen LogP contribution in [0.4, 0.5) is 11.5 Å². The van der Waals surface area contributed by atoms with Gasteiger partial charge in [-0.25, -0.2) is 9.97 Å². The van der Waals surface area contributed by atoms with Crippen molar-refractivity contribution in [2.45, 2.75) is 38.3 Å². The number of ketones is 1. The predicted molar refractivity (Wildman–Crippen MR) is 125 cm³/mol. The molecule has 1 unspecified atom stereocenters. The minimum absolute atomic E-state index is 0.0822. The van der Waals surface area contributed by atoms with E-state index in [1.165, 1.54) is 29.1 Å². The molecule has 10 heteroatoms. The summed E-state index contributed by atoms with van der Waals surface area (Å²) in [5, 5.41) is 4.22. The molecule has 0 bridgehead atoms. The molecule has 0 spiro atoms. The van der Waals surface area contributed by atoms with Crippen LogP contribution >= 0.6 is 23.1 Å². The summed E-state index contributed by atoms with van der Waals surface area (Å²) in [5.74, 6) is 1.75. The number of nitrogens with zero attached hydrogens (tertiary/aromatic N) is 2. The van der Waals surface area contributed by atoms with Crippen molar-refractivity contribution in [1.29, 1.82) is 0 Å². The topological polar surface area (TPSA) is 116 Å². The Morgan fingerprint density at radius 3 is 2.84 bits per heavy atom. The first-order valence-electron chi connectivity index (χ1n) is 10.3. The summed E-state index contributed by atoms with van der Waals surface area (Å²) >= 11 is 2.89. The molecule has 2 aromatic heterocycles. The largest absolute Gasteiger partial charge is 0.454 e. The minimum Gasteiger partial charge on any atom is -0.454 e. The maximum Gasteiger partial charge on any atom is 0.234 e. The summed E-state index contributed by atoms with van der Waals surface area (Å²) in [7, 11) is 0. The first-order chi connectivity index (χ1) is 15.4. The van der Waals surface area contributed by atoms with E-state index in [-0.39, 0.29) is 24.2 Å². The molecule has 0 saturated carbocycles. The van der Waals surface area contributed by atoms with Crippen LogP contribution in [0.15, 0.2) is 17.3 Å². The quantitative estimate of drug-likeness (QED) is 0.326. The summed E-state index contributed by atoms with van der Waals surface area (Å²) in [4.78, 5) is 35.9. The molecule has 32 heavy (non-hydrogen) atoms. The molecule has 2 aliphatic rings. The summed E-state index contributed by atoms with van der Waals surface area (Å²) in [6.45, 7) is 3.79. The van der Waals surface area contributed by atoms with Gasteiger partial charge in [0.25, 0.3) is 0 Å². The van der Waals surface area contributed by atoms with Gasteiger partial charge in [-0.15, -0.1) is 11.3 Å². The Morgan fingerprint density at radius 1 is 1.28 bits per heavy atom. The zero-order valence-corrected chi connectivity index (χ0v) is 19.3. The maximum absolute atomic E-state index is 12.6. The molecule has 5 rings (SSSR count). The number of nitrogen functional groups attached to an aromatic ring is 1. The van der Waals surface area contributed by atoms with Gasteiger partial charge in [0, 0.05) is 16.5 Å². The van der Waals surface area contributed by atoms with E-state index in [0.717, 1.165) is 29.5 Å². The lowest BCUT2D eigenvalue weighted by Gasteiger charge is -2.17. The van der Waals surface area contributed by atoms with Crippen molar-refractivity contribution >= 4 is 56.5 Å². The van der Waals surface area contributed by atoms with Crippen LogP contribution in [0, 0.1) is 5.92 Å². The normalized spacial score (nSPS) is 16.8. The van der Waals surface area contributed by atoms with Crippen molar-refractivity contribution in [3.8, 4) is 11.5 Å². The van der Waals surface area contributed by atoms with Crippen LogP contribution in [-0.4, -0.2) is 34.2 Å². The average Bonchev–Trinajstić information content (AvgIpc) is 3.34. The molecule has 3 heterocycles. The number of aromatic nitrogens is 2. The van der Waals surface area contributed by atoms with Gasteiger partial charge in [0.15, 0.2) is 22.4 Å². The molecular weight excluding hydrogens is 448 g/mol. The zero-order chi connectivity index (χ0) is 22.4. The highest BCUT2D eigenvalue weighted by Crippen LogP contribution is 2.40. The second-order valence-electron chi connectivity index (χ2n) is 8.07. The number of carbonyl (C=O) groups is 2. The van der Waals surface area contributed by atoms with Crippen molar-refractivity contribution in [3.05, 3.63) is 28.1 Å². The second kappa shape index (κ2) is 8.25. The first-order valence-corrected chi connectivity index (χ1v) is 12.1.